The summed E-state index contributed by atoms with van der Waals surface area (Å²) in [7, 11) is 0. The first-order valence-corrected chi connectivity index (χ1v) is 9.55. The first-order chi connectivity index (χ1) is 12.6. The smallest absolute Gasteiger partial charge is 0.124 e. The number of likely N-dealkylation sites (tertiary alicyclic amines) is 1. The van der Waals surface area contributed by atoms with E-state index < -0.39 is 0 Å². The lowest BCUT2D eigenvalue weighted by Gasteiger charge is -2.22. The van der Waals surface area contributed by atoms with Gasteiger partial charge in [0, 0.05) is 18.1 Å². The van der Waals surface area contributed by atoms with Gasteiger partial charge < -0.3 is 10.3 Å². The first kappa shape index (κ1) is 17.5. The molecule has 2 heterocycles. The SMILES string of the molecule is CC1(CN)CCN(Cc2nc3cc(Cl)ccc3n2Cc2ccccc2)C1. The Kier molecular flexibility index (Phi) is 4.74. The van der Waals surface area contributed by atoms with Crippen LogP contribution in [0, 0.1) is 5.41 Å². The molecular formula is C21H25ClN4. The van der Waals surface area contributed by atoms with E-state index in [1.165, 1.54) is 5.56 Å². The molecule has 4 rings (SSSR count). The predicted molar refractivity (Wildman–Crippen MR) is 107 cm³/mol. The second-order valence-electron chi connectivity index (χ2n) is 7.71. The van der Waals surface area contributed by atoms with Crippen molar-refractivity contribution in [2.45, 2.75) is 26.4 Å². The molecule has 0 spiro atoms. The van der Waals surface area contributed by atoms with Gasteiger partial charge in [0.1, 0.15) is 5.82 Å². The summed E-state index contributed by atoms with van der Waals surface area (Å²) in [5.41, 5.74) is 9.56. The predicted octanol–water partition coefficient (Wildman–Crippen LogP) is 3.91. The van der Waals surface area contributed by atoms with Gasteiger partial charge in [-0.2, -0.15) is 0 Å². The molecule has 0 amide bonds. The summed E-state index contributed by atoms with van der Waals surface area (Å²) in [5, 5.41) is 0.727. The van der Waals surface area contributed by atoms with Gasteiger partial charge in [0.05, 0.1) is 17.6 Å². The minimum Gasteiger partial charge on any atom is -0.330 e. The summed E-state index contributed by atoms with van der Waals surface area (Å²) in [6, 6.07) is 16.5. The summed E-state index contributed by atoms with van der Waals surface area (Å²) < 4.78 is 2.32. The van der Waals surface area contributed by atoms with E-state index >= 15 is 0 Å². The van der Waals surface area contributed by atoms with Crippen molar-refractivity contribution in [1.82, 2.24) is 14.5 Å². The number of imidazole rings is 1. The van der Waals surface area contributed by atoms with Gasteiger partial charge in [0.25, 0.3) is 0 Å². The van der Waals surface area contributed by atoms with Gasteiger partial charge in [-0.15, -0.1) is 0 Å². The van der Waals surface area contributed by atoms with Gasteiger partial charge in [0.15, 0.2) is 0 Å². The molecule has 3 aromatic rings. The van der Waals surface area contributed by atoms with Gasteiger partial charge in [-0.25, -0.2) is 4.98 Å². The van der Waals surface area contributed by atoms with Crippen LogP contribution < -0.4 is 5.73 Å². The van der Waals surface area contributed by atoms with Crippen LogP contribution in [0.1, 0.15) is 24.7 Å². The molecule has 4 nitrogen and oxygen atoms in total. The van der Waals surface area contributed by atoms with Crippen molar-refractivity contribution < 1.29 is 0 Å². The van der Waals surface area contributed by atoms with E-state index in [0.717, 1.165) is 61.0 Å². The highest BCUT2D eigenvalue weighted by molar-refractivity contribution is 6.31. The van der Waals surface area contributed by atoms with Crippen molar-refractivity contribution in [2.24, 2.45) is 11.1 Å². The van der Waals surface area contributed by atoms with E-state index in [0.29, 0.717) is 0 Å². The minimum absolute atomic E-state index is 0.222. The van der Waals surface area contributed by atoms with E-state index in [1.807, 2.05) is 18.2 Å². The fourth-order valence-electron chi connectivity index (χ4n) is 3.84. The Morgan fingerprint density at radius 1 is 1.15 bits per heavy atom. The molecule has 2 aromatic carbocycles. The number of hydrogen-bond donors (Lipinski definition) is 1. The second-order valence-corrected chi connectivity index (χ2v) is 8.14. The fraction of sp³-hybridized carbons (Fsp3) is 0.381. The minimum atomic E-state index is 0.222. The summed E-state index contributed by atoms with van der Waals surface area (Å²) in [4.78, 5) is 7.38. The molecule has 136 valence electrons. The second kappa shape index (κ2) is 7.03. The maximum absolute atomic E-state index is 6.19. The molecule has 1 atom stereocenters. The van der Waals surface area contributed by atoms with Crippen LogP contribution in [-0.2, 0) is 13.1 Å². The quantitative estimate of drug-likeness (QED) is 0.742. The fourth-order valence-corrected chi connectivity index (χ4v) is 4.01. The normalized spacial score (nSPS) is 20.9. The third-order valence-electron chi connectivity index (χ3n) is 5.47. The Morgan fingerprint density at radius 3 is 2.69 bits per heavy atom. The highest BCUT2D eigenvalue weighted by Crippen LogP contribution is 2.30. The molecule has 1 aromatic heterocycles. The van der Waals surface area contributed by atoms with E-state index in [9.17, 15) is 0 Å². The number of benzene rings is 2. The summed E-state index contributed by atoms with van der Waals surface area (Å²) in [6.07, 6.45) is 1.15. The van der Waals surface area contributed by atoms with Gasteiger partial charge >= 0.3 is 0 Å². The summed E-state index contributed by atoms with van der Waals surface area (Å²) in [5.74, 6) is 1.09. The Morgan fingerprint density at radius 2 is 1.96 bits per heavy atom. The van der Waals surface area contributed by atoms with Crippen molar-refractivity contribution in [3.63, 3.8) is 0 Å². The number of aromatic nitrogens is 2. The third-order valence-corrected chi connectivity index (χ3v) is 5.70. The monoisotopic (exact) mass is 368 g/mol. The van der Waals surface area contributed by atoms with Gasteiger partial charge in [-0.1, -0.05) is 48.9 Å². The molecule has 1 fully saturated rings. The number of halogens is 1. The zero-order valence-electron chi connectivity index (χ0n) is 15.2. The number of nitrogens with two attached hydrogens (primary N) is 1. The van der Waals surface area contributed by atoms with Crippen molar-refractivity contribution in [3.8, 4) is 0 Å². The number of nitrogens with zero attached hydrogens (tertiary/aromatic N) is 3. The van der Waals surface area contributed by atoms with E-state index in [1.54, 1.807) is 0 Å². The van der Waals surface area contributed by atoms with Crippen LogP contribution in [-0.4, -0.2) is 34.1 Å². The van der Waals surface area contributed by atoms with Crippen LogP contribution in [0.4, 0.5) is 0 Å². The van der Waals surface area contributed by atoms with E-state index in [4.69, 9.17) is 22.3 Å². The third kappa shape index (κ3) is 3.50. The molecule has 0 aliphatic carbocycles. The van der Waals surface area contributed by atoms with E-state index in [-0.39, 0.29) is 5.41 Å². The van der Waals surface area contributed by atoms with Crippen molar-refractivity contribution in [2.75, 3.05) is 19.6 Å². The number of hydrogen-bond acceptors (Lipinski definition) is 3. The zero-order valence-corrected chi connectivity index (χ0v) is 15.9. The zero-order chi connectivity index (χ0) is 18.1. The van der Waals surface area contributed by atoms with Crippen LogP contribution in [0.3, 0.4) is 0 Å². The lowest BCUT2D eigenvalue weighted by Crippen LogP contribution is -2.31. The van der Waals surface area contributed by atoms with Crippen LogP contribution in [0.2, 0.25) is 5.02 Å². The molecule has 1 saturated heterocycles. The molecule has 2 N–H and O–H groups in total. The largest absolute Gasteiger partial charge is 0.330 e. The van der Waals surface area contributed by atoms with Gasteiger partial charge in [0.2, 0.25) is 0 Å². The number of rotatable bonds is 5. The molecule has 0 radical (unpaired) electrons. The molecule has 1 aliphatic rings. The van der Waals surface area contributed by atoms with Crippen molar-refractivity contribution >= 4 is 22.6 Å². The highest BCUT2D eigenvalue weighted by atomic mass is 35.5. The standard InChI is InChI=1S/C21H25ClN4/c1-21(14-23)9-10-25(15-21)13-20-24-18-11-17(22)7-8-19(18)26(20)12-16-5-3-2-4-6-16/h2-8,11H,9-10,12-15,23H2,1H3. The lowest BCUT2D eigenvalue weighted by atomic mass is 9.90. The molecule has 1 aliphatic heterocycles. The molecule has 0 saturated carbocycles. The van der Waals surface area contributed by atoms with Crippen LogP contribution in [0.15, 0.2) is 48.5 Å². The Hall–Kier alpha value is -1.88. The molecule has 1 unspecified atom stereocenters. The van der Waals surface area contributed by atoms with Crippen molar-refractivity contribution in [3.05, 3.63) is 64.9 Å². The summed E-state index contributed by atoms with van der Waals surface area (Å²) in [6.45, 7) is 6.77. The Bertz CT molecular complexity index is 905. The maximum atomic E-state index is 6.19. The molecule has 0 bridgehead atoms. The lowest BCUT2D eigenvalue weighted by molar-refractivity contribution is 0.267. The summed E-state index contributed by atoms with van der Waals surface area (Å²) >= 11 is 6.19. The van der Waals surface area contributed by atoms with E-state index in [2.05, 4.69) is 46.7 Å². The molecular weight excluding hydrogens is 344 g/mol. The van der Waals surface area contributed by atoms with Crippen LogP contribution in [0.5, 0.6) is 0 Å². The van der Waals surface area contributed by atoms with Gasteiger partial charge in [-0.05, 0) is 48.7 Å². The van der Waals surface area contributed by atoms with Crippen molar-refractivity contribution in [1.29, 1.82) is 0 Å². The Labute approximate surface area is 159 Å². The van der Waals surface area contributed by atoms with Gasteiger partial charge in [-0.3, -0.25) is 4.90 Å². The van der Waals surface area contributed by atoms with Crippen LogP contribution in [0.25, 0.3) is 11.0 Å². The maximum Gasteiger partial charge on any atom is 0.124 e. The average molecular weight is 369 g/mol. The molecule has 26 heavy (non-hydrogen) atoms. The molecule has 5 heteroatoms. The number of fused-ring (bicyclic) bond motifs is 1. The topological polar surface area (TPSA) is 47.1 Å². The highest BCUT2D eigenvalue weighted by Gasteiger charge is 2.33. The first-order valence-electron chi connectivity index (χ1n) is 9.17. The van der Waals surface area contributed by atoms with Crippen LogP contribution >= 0.6 is 11.6 Å². The Balaban J connectivity index is 1.68. The average Bonchev–Trinajstić information content (AvgIpc) is 3.17.